The first-order valence-electron chi connectivity index (χ1n) is 14.0. The van der Waals surface area contributed by atoms with Crippen LogP contribution in [-0.4, -0.2) is 76.8 Å². The summed E-state index contributed by atoms with van der Waals surface area (Å²) in [6, 6.07) is 10.3. The Hall–Kier alpha value is -2.64. The number of nitrogens with zero attached hydrogens (tertiary/aromatic N) is 4. The number of piperidine rings is 2. The van der Waals surface area contributed by atoms with Crippen molar-refractivity contribution in [2.24, 2.45) is 5.41 Å². The molecule has 37 heavy (non-hydrogen) atoms. The number of aliphatic hydroxyl groups excluding tert-OH is 1. The van der Waals surface area contributed by atoms with Gasteiger partial charge in [-0.2, -0.15) is 0 Å². The van der Waals surface area contributed by atoms with Gasteiger partial charge in [-0.25, -0.2) is 4.98 Å². The zero-order chi connectivity index (χ0) is 25.6. The lowest BCUT2D eigenvalue weighted by Gasteiger charge is -2.47. The number of aromatic nitrogens is 1. The second-order valence-corrected chi connectivity index (χ2v) is 12.3. The summed E-state index contributed by atoms with van der Waals surface area (Å²) >= 11 is 0. The number of pyridine rings is 1. The van der Waals surface area contributed by atoms with E-state index in [1.807, 2.05) is 17.0 Å². The van der Waals surface area contributed by atoms with Crippen molar-refractivity contribution in [1.29, 1.82) is 0 Å². The summed E-state index contributed by atoms with van der Waals surface area (Å²) in [7, 11) is 0. The molecule has 4 aliphatic rings. The van der Waals surface area contributed by atoms with Crippen molar-refractivity contribution in [3.8, 4) is 5.75 Å². The van der Waals surface area contributed by atoms with Crippen LogP contribution in [-0.2, 0) is 13.0 Å². The Morgan fingerprint density at radius 1 is 1.08 bits per heavy atom. The summed E-state index contributed by atoms with van der Waals surface area (Å²) in [5, 5.41) is 9.86. The molecule has 2 aromatic rings. The predicted molar refractivity (Wildman–Crippen MR) is 144 cm³/mol. The van der Waals surface area contributed by atoms with Crippen molar-refractivity contribution >= 4 is 11.7 Å². The molecule has 7 nitrogen and oxygen atoms in total. The molecule has 3 saturated heterocycles. The van der Waals surface area contributed by atoms with Crippen LogP contribution in [0.25, 0.3) is 0 Å². The predicted octanol–water partition coefficient (Wildman–Crippen LogP) is 3.88. The maximum atomic E-state index is 13.3. The monoisotopic (exact) mass is 504 g/mol. The Labute approximate surface area is 220 Å². The number of benzene rings is 1. The van der Waals surface area contributed by atoms with Crippen LogP contribution in [0.1, 0.15) is 67.4 Å². The highest BCUT2D eigenvalue weighted by Crippen LogP contribution is 2.43. The fourth-order valence-electron chi connectivity index (χ4n) is 6.77. The van der Waals surface area contributed by atoms with Gasteiger partial charge in [-0.3, -0.25) is 9.69 Å². The molecule has 198 valence electrons. The van der Waals surface area contributed by atoms with Crippen molar-refractivity contribution < 1.29 is 14.6 Å². The van der Waals surface area contributed by atoms with Crippen LogP contribution in [0.5, 0.6) is 5.75 Å². The Morgan fingerprint density at radius 2 is 1.84 bits per heavy atom. The third kappa shape index (κ3) is 5.08. The highest BCUT2D eigenvalue weighted by Gasteiger charge is 2.39. The first-order valence-corrected chi connectivity index (χ1v) is 14.0. The smallest absolute Gasteiger partial charge is 0.254 e. The molecule has 1 spiro atoms. The molecule has 0 aliphatic carbocycles. The van der Waals surface area contributed by atoms with Gasteiger partial charge in [0.1, 0.15) is 17.2 Å². The van der Waals surface area contributed by atoms with Gasteiger partial charge in [0.2, 0.25) is 0 Å². The normalized spacial score (nSPS) is 24.8. The van der Waals surface area contributed by atoms with Gasteiger partial charge >= 0.3 is 0 Å². The molecule has 1 amide bonds. The van der Waals surface area contributed by atoms with Gasteiger partial charge in [-0.1, -0.05) is 18.2 Å². The molecule has 0 bridgehead atoms. The lowest BCUT2D eigenvalue weighted by atomic mass is 9.71. The Morgan fingerprint density at radius 3 is 2.57 bits per heavy atom. The second-order valence-electron chi connectivity index (χ2n) is 12.3. The van der Waals surface area contributed by atoms with E-state index in [2.05, 4.69) is 46.8 Å². The van der Waals surface area contributed by atoms with Gasteiger partial charge in [-0.15, -0.1) is 0 Å². The Balaban J connectivity index is 1.03. The first kappa shape index (κ1) is 24.7. The fourth-order valence-corrected chi connectivity index (χ4v) is 6.77. The van der Waals surface area contributed by atoms with Crippen LogP contribution in [0.2, 0.25) is 0 Å². The number of ether oxygens (including phenoxy) is 1. The van der Waals surface area contributed by atoms with Gasteiger partial charge < -0.3 is 19.6 Å². The highest BCUT2D eigenvalue weighted by molar-refractivity contribution is 5.95. The average Bonchev–Trinajstić information content (AvgIpc) is 3.47. The van der Waals surface area contributed by atoms with Crippen molar-refractivity contribution in [2.75, 3.05) is 44.2 Å². The molecule has 1 aromatic carbocycles. The number of carbonyl (C=O) groups is 1. The fraction of sp³-hybridized carbons (Fsp3) is 0.600. The van der Waals surface area contributed by atoms with Crippen molar-refractivity contribution in [3.63, 3.8) is 0 Å². The summed E-state index contributed by atoms with van der Waals surface area (Å²) in [6.45, 7) is 10.5. The summed E-state index contributed by atoms with van der Waals surface area (Å²) in [6.07, 6.45) is 7.73. The second kappa shape index (κ2) is 9.59. The SMILES string of the molecule is CC1(C)Cc2cccc(CN3CCC4(CC3)CCN(C(=O)c3ccnc(N5CCC(O)C5)c3)CC4)c2O1. The number of hydrogen-bond acceptors (Lipinski definition) is 6. The van der Waals surface area contributed by atoms with E-state index < -0.39 is 0 Å². The molecule has 3 fully saturated rings. The summed E-state index contributed by atoms with van der Waals surface area (Å²) < 4.78 is 6.31. The van der Waals surface area contributed by atoms with Crippen molar-refractivity contribution in [3.05, 3.63) is 53.2 Å². The Bertz CT molecular complexity index is 1150. The minimum Gasteiger partial charge on any atom is -0.487 e. The van der Waals surface area contributed by atoms with E-state index in [1.165, 1.54) is 24.0 Å². The molecular weight excluding hydrogens is 464 g/mol. The van der Waals surface area contributed by atoms with E-state index in [4.69, 9.17) is 4.74 Å². The van der Waals surface area contributed by atoms with Gasteiger partial charge in [0, 0.05) is 56.5 Å². The maximum Gasteiger partial charge on any atom is 0.254 e. The van der Waals surface area contributed by atoms with E-state index >= 15 is 0 Å². The van der Waals surface area contributed by atoms with Crippen LogP contribution >= 0.6 is 0 Å². The van der Waals surface area contributed by atoms with Gasteiger partial charge in [0.15, 0.2) is 0 Å². The standard InChI is InChI=1S/C30H40N4O3/c1-29(2)19-23-4-3-5-24(27(23)37-29)20-32-14-8-30(9-15-32)10-16-33(17-11-30)28(36)22-6-12-31-26(18-22)34-13-7-25(35)21-34/h3-6,12,18,25,35H,7-11,13-17,19-21H2,1-2H3. The van der Waals surface area contributed by atoms with Crippen LogP contribution in [0.4, 0.5) is 5.82 Å². The number of carbonyl (C=O) groups excluding carboxylic acids is 1. The highest BCUT2D eigenvalue weighted by atomic mass is 16.5. The largest absolute Gasteiger partial charge is 0.487 e. The number of rotatable bonds is 4. The van der Waals surface area contributed by atoms with E-state index in [0.29, 0.717) is 17.5 Å². The molecule has 0 saturated carbocycles. The molecule has 1 unspecified atom stereocenters. The quantitative estimate of drug-likeness (QED) is 0.682. The average molecular weight is 505 g/mol. The molecule has 7 heteroatoms. The van der Waals surface area contributed by atoms with E-state index in [9.17, 15) is 9.90 Å². The summed E-state index contributed by atoms with van der Waals surface area (Å²) in [5.41, 5.74) is 3.62. The number of para-hydroxylation sites is 1. The zero-order valence-corrected chi connectivity index (χ0v) is 22.3. The van der Waals surface area contributed by atoms with Gasteiger partial charge in [-0.05, 0) is 82.2 Å². The number of amides is 1. The van der Waals surface area contributed by atoms with Crippen molar-refractivity contribution in [1.82, 2.24) is 14.8 Å². The lowest BCUT2D eigenvalue weighted by molar-refractivity contribution is 0.0282. The van der Waals surface area contributed by atoms with Crippen LogP contribution in [0.3, 0.4) is 0 Å². The third-order valence-corrected chi connectivity index (χ3v) is 9.07. The minimum atomic E-state index is -0.306. The molecule has 1 atom stereocenters. The van der Waals surface area contributed by atoms with Gasteiger partial charge in [0.25, 0.3) is 5.91 Å². The number of likely N-dealkylation sites (tertiary alicyclic amines) is 2. The molecule has 4 aliphatic heterocycles. The third-order valence-electron chi connectivity index (χ3n) is 9.07. The molecule has 6 rings (SSSR count). The van der Waals surface area contributed by atoms with E-state index in [-0.39, 0.29) is 17.6 Å². The van der Waals surface area contributed by atoms with Gasteiger partial charge in [0.05, 0.1) is 6.10 Å². The molecule has 1 N–H and O–H groups in total. The van der Waals surface area contributed by atoms with E-state index in [0.717, 1.165) is 76.5 Å². The molecular formula is C30H40N4O3. The number of hydrogen-bond donors (Lipinski definition) is 1. The number of aliphatic hydroxyl groups is 1. The maximum absolute atomic E-state index is 13.3. The summed E-state index contributed by atoms with van der Waals surface area (Å²) in [4.78, 5) is 24.4. The summed E-state index contributed by atoms with van der Waals surface area (Å²) in [5.74, 6) is 2.01. The number of β-amino-alcohol motifs (C(OH)–C–C–N with tert-alkyl or cyclic N) is 1. The van der Waals surface area contributed by atoms with Crippen LogP contribution in [0.15, 0.2) is 36.5 Å². The number of fused-ring (bicyclic) bond motifs is 1. The lowest BCUT2D eigenvalue weighted by Crippen LogP contribution is -2.48. The Kier molecular flexibility index (Phi) is 6.40. The number of anilines is 1. The molecule has 0 radical (unpaired) electrons. The van der Waals surface area contributed by atoms with Crippen LogP contribution in [0, 0.1) is 5.41 Å². The topological polar surface area (TPSA) is 69.1 Å². The van der Waals surface area contributed by atoms with Crippen LogP contribution < -0.4 is 9.64 Å². The minimum absolute atomic E-state index is 0.107. The van der Waals surface area contributed by atoms with Crippen molar-refractivity contribution in [2.45, 2.75) is 70.6 Å². The molecule has 1 aromatic heterocycles. The first-order chi connectivity index (χ1) is 17.8. The zero-order valence-electron chi connectivity index (χ0n) is 22.3. The molecule has 5 heterocycles. The van der Waals surface area contributed by atoms with E-state index in [1.54, 1.807) is 6.20 Å².